The molecule has 0 atom stereocenters. The molecule has 0 unspecified atom stereocenters. The lowest BCUT2D eigenvalue weighted by molar-refractivity contribution is 0.260. The molecule has 0 aliphatic heterocycles. The summed E-state index contributed by atoms with van der Waals surface area (Å²) >= 11 is 3.02. The molecule has 1 rings (SSSR count). The number of sulfonamides is 1. The molecule has 100 valence electrons. The van der Waals surface area contributed by atoms with Gasteiger partial charge < -0.3 is 5.11 Å². The average Bonchev–Trinajstić information content (AvgIpc) is 2.28. The van der Waals surface area contributed by atoms with E-state index in [0.717, 1.165) is 16.4 Å². The Morgan fingerprint density at radius 3 is 2.67 bits per heavy atom. The highest BCUT2D eigenvalue weighted by Crippen LogP contribution is 2.25. The van der Waals surface area contributed by atoms with Crippen LogP contribution in [0.1, 0.15) is 0 Å². The van der Waals surface area contributed by atoms with E-state index in [0.29, 0.717) is 0 Å². The van der Waals surface area contributed by atoms with Crippen LogP contribution in [0.3, 0.4) is 0 Å². The lowest BCUT2D eigenvalue weighted by atomic mass is 10.3. The van der Waals surface area contributed by atoms with Crippen molar-refractivity contribution in [1.82, 2.24) is 4.31 Å². The normalized spacial score (nSPS) is 11.8. The number of hydrogen-bond donors (Lipinski definition) is 1. The van der Waals surface area contributed by atoms with E-state index in [1.165, 1.54) is 12.1 Å². The molecular formula is C11H13BrFNO3S. The topological polar surface area (TPSA) is 57.6 Å². The molecule has 0 amide bonds. The molecule has 0 saturated heterocycles. The Balaban J connectivity index is 3.21. The number of hydrogen-bond acceptors (Lipinski definition) is 3. The molecule has 0 radical (unpaired) electrons. The van der Waals surface area contributed by atoms with Gasteiger partial charge in [-0.05, 0) is 34.1 Å². The van der Waals surface area contributed by atoms with Crippen molar-refractivity contribution in [3.63, 3.8) is 0 Å². The number of benzene rings is 1. The van der Waals surface area contributed by atoms with Crippen LogP contribution in [0.5, 0.6) is 0 Å². The number of aliphatic hydroxyl groups is 1. The van der Waals surface area contributed by atoms with Gasteiger partial charge in [0.25, 0.3) is 0 Å². The van der Waals surface area contributed by atoms with E-state index in [2.05, 4.69) is 22.5 Å². The SMILES string of the molecule is C=CCN(CCO)S(=O)(=O)c1ccc(F)cc1Br. The Labute approximate surface area is 114 Å². The van der Waals surface area contributed by atoms with Crippen molar-refractivity contribution in [2.45, 2.75) is 4.90 Å². The maximum atomic E-state index is 12.9. The molecule has 0 fully saturated rings. The van der Waals surface area contributed by atoms with Gasteiger partial charge in [-0.3, -0.25) is 0 Å². The van der Waals surface area contributed by atoms with E-state index in [-0.39, 0.29) is 29.1 Å². The van der Waals surface area contributed by atoms with Gasteiger partial charge in [0.15, 0.2) is 0 Å². The van der Waals surface area contributed by atoms with E-state index in [4.69, 9.17) is 5.11 Å². The third kappa shape index (κ3) is 3.38. The number of nitrogens with zero attached hydrogens (tertiary/aromatic N) is 1. The Morgan fingerprint density at radius 2 is 2.17 bits per heavy atom. The van der Waals surface area contributed by atoms with Gasteiger partial charge >= 0.3 is 0 Å². The highest BCUT2D eigenvalue weighted by atomic mass is 79.9. The zero-order chi connectivity index (χ0) is 13.8. The first-order chi connectivity index (χ1) is 8.43. The van der Waals surface area contributed by atoms with Crippen molar-refractivity contribution in [2.75, 3.05) is 19.7 Å². The van der Waals surface area contributed by atoms with E-state index in [9.17, 15) is 12.8 Å². The second-order valence-corrected chi connectivity index (χ2v) is 6.21. The summed E-state index contributed by atoms with van der Waals surface area (Å²) in [6.07, 6.45) is 1.42. The maximum Gasteiger partial charge on any atom is 0.244 e. The molecule has 0 aliphatic carbocycles. The summed E-state index contributed by atoms with van der Waals surface area (Å²) in [6, 6.07) is 3.34. The van der Waals surface area contributed by atoms with Crippen molar-refractivity contribution in [3.05, 3.63) is 41.1 Å². The monoisotopic (exact) mass is 337 g/mol. The standard InChI is InChI=1S/C11H13BrFNO3S/c1-2-5-14(6-7-15)18(16,17)11-4-3-9(13)8-10(11)12/h2-4,8,15H,1,5-7H2. The van der Waals surface area contributed by atoms with Crippen molar-refractivity contribution in [1.29, 1.82) is 0 Å². The molecule has 1 aromatic carbocycles. The predicted octanol–water partition coefficient (Wildman–Crippen LogP) is 1.76. The first-order valence-electron chi connectivity index (χ1n) is 5.10. The summed E-state index contributed by atoms with van der Waals surface area (Å²) in [5.41, 5.74) is 0. The minimum absolute atomic E-state index is 0.0424. The van der Waals surface area contributed by atoms with Crippen LogP contribution < -0.4 is 0 Å². The third-order valence-electron chi connectivity index (χ3n) is 2.19. The van der Waals surface area contributed by atoms with Crippen LogP contribution in [0.2, 0.25) is 0 Å². The fourth-order valence-electron chi connectivity index (χ4n) is 1.39. The zero-order valence-electron chi connectivity index (χ0n) is 9.51. The molecule has 1 N–H and O–H groups in total. The van der Waals surface area contributed by atoms with Gasteiger partial charge in [-0.15, -0.1) is 6.58 Å². The van der Waals surface area contributed by atoms with Crippen LogP contribution in [-0.4, -0.2) is 37.5 Å². The summed E-state index contributed by atoms with van der Waals surface area (Å²) in [4.78, 5) is -0.0424. The van der Waals surface area contributed by atoms with Crippen LogP contribution in [0, 0.1) is 5.82 Å². The van der Waals surface area contributed by atoms with Gasteiger partial charge in [-0.1, -0.05) is 6.08 Å². The smallest absolute Gasteiger partial charge is 0.244 e. The van der Waals surface area contributed by atoms with Crippen LogP contribution in [0.4, 0.5) is 4.39 Å². The van der Waals surface area contributed by atoms with Gasteiger partial charge in [0.2, 0.25) is 10.0 Å². The van der Waals surface area contributed by atoms with Crippen molar-refractivity contribution in [2.24, 2.45) is 0 Å². The van der Waals surface area contributed by atoms with Gasteiger partial charge in [-0.25, -0.2) is 12.8 Å². The van der Waals surface area contributed by atoms with Gasteiger partial charge in [0.1, 0.15) is 5.82 Å². The van der Waals surface area contributed by atoms with E-state index in [1.807, 2.05) is 0 Å². The fourth-order valence-corrected chi connectivity index (χ4v) is 3.80. The predicted molar refractivity (Wildman–Crippen MR) is 70.1 cm³/mol. The van der Waals surface area contributed by atoms with Crippen LogP contribution in [-0.2, 0) is 10.0 Å². The second-order valence-electron chi connectivity index (χ2n) is 3.45. The largest absolute Gasteiger partial charge is 0.395 e. The van der Waals surface area contributed by atoms with E-state index >= 15 is 0 Å². The van der Waals surface area contributed by atoms with E-state index < -0.39 is 15.8 Å². The lowest BCUT2D eigenvalue weighted by Gasteiger charge is -2.20. The molecule has 7 heteroatoms. The Morgan fingerprint density at radius 1 is 1.50 bits per heavy atom. The van der Waals surface area contributed by atoms with Crippen LogP contribution in [0.25, 0.3) is 0 Å². The molecule has 0 bridgehead atoms. The Hall–Kier alpha value is -0.760. The van der Waals surface area contributed by atoms with Crippen molar-refractivity contribution >= 4 is 26.0 Å². The van der Waals surface area contributed by atoms with Crippen LogP contribution in [0.15, 0.2) is 40.2 Å². The first kappa shape index (κ1) is 15.3. The molecule has 18 heavy (non-hydrogen) atoms. The molecule has 0 saturated carbocycles. The number of halogens is 2. The summed E-state index contributed by atoms with van der Waals surface area (Å²) < 4.78 is 38.7. The highest BCUT2D eigenvalue weighted by Gasteiger charge is 2.25. The minimum atomic E-state index is -3.78. The summed E-state index contributed by atoms with van der Waals surface area (Å²) in [5, 5.41) is 8.87. The Kier molecular flexibility index (Phi) is 5.46. The number of rotatable bonds is 6. The zero-order valence-corrected chi connectivity index (χ0v) is 11.9. The molecule has 1 aromatic rings. The fraction of sp³-hybridized carbons (Fsp3) is 0.273. The molecule has 0 heterocycles. The average molecular weight is 338 g/mol. The van der Waals surface area contributed by atoms with Crippen molar-refractivity contribution < 1.29 is 17.9 Å². The molecular weight excluding hydrogens is 325 g/mol. The van der Waals surface area contributed by atoms with Crippen molar-refractivity contribution in [3.8, 4) is 0 Å². The summed E-state index contributed by atoms with van der Waals surface area (Å²) in [5.74, 6) is -0.529. The second kappa shape index (κ2) is 6.42. The van der Waals surface area contributed by atoms with E-state index in [1.54, 1.807) is 0 Å². The van der Waals surface area contributed by atoms with Gasteiger partial charge in [0.05, 0.1) is 11.5 Å². The minimum Gasteiger partial charge on any atom is -0.395 e. The van der Waals surface area contributed by atoms with Crippen LogP contribution >= 0.6 is 15.9 Å². The number of aliphatic hydroxyl groups excluding tert-OH is 1. The molecule has 0 aromatic heterocycles. The summed E-state index contributed by atoms with van der Waals surface area (Å²) in [6.45, 7) is 3.20. The molecule has 0 spiro atoms. The van der Waals surface area contributed by atoms with Gasteiger partial charge in [-0.2, -0.15) is 4.31 Å². The maximum absolute atomic E-state index is 12.9. The quantitative estimate of drug-likeness (QED) is 0.804. The summed E-state index contributed by atoms with van der Waals surface area (Å²) in [7, 11) is -3.78. The Bertz CT molecular complexity index is 533. The highest BCUT2D eigenvalue weighted by molar-refractivity contribution is 9.10. The van der Waals surface area contributed by atoms with Gasteiger partial charge in [0, 0.05) is 17.6 Å². The third-order valence-corrected chi connectivity index (χ3v) is 5.04. The first-order valence-corrected chi connectivity index (χ1v) is 7.33. The molecule has 0 aliphatic rings. The molecule has 4 nitrogen and oxygen atoms in total. The lowest BCUT2D eigenvalue weighted by Crippen LogP contribution is -2.34.